The summed E-state index contributed by atoms with van der Waals surface area (Å²) in [6.07, 6.45) is 0. The summed E-state index contributed by atoms with van der Waals surface area (Å²) in [5.74, 6) is 0.0455. The second kappa shape index (κ2) is 6.34. The molecule has 1 amide bonds. The van der Waals surface area contributed by atoms with Gasteiger partial charge in [-0.25, -0.2) is 0 Å². The van der Waals surface area contributed by atoms with Crippen molar-refractivity contribution < 1.29 is 14.3 Å². The second-order valence-corrected chi connectivity index (χ2v) is 4.58. The number of ketones is 1. The van der Waals surface area contributed by atoms with Crippen molar-refractivity contribution in [3.8, 4) is 5.75 Å². The first-order valence-corrected chi connectivity index (χ1v) is 6.51. The van der Waals surface area contributed by atoms with Gasteiger partial charge in [0.25, 0.3) is 5.91 Å². The molecule has 1 aromatic rings. The average molecular weight is 274 g/mol. The Balaban J connectivity index is 2.06. The van der Waals surface area contributed by atoms with Crippen LogP contribution in [0.2, 0.25) is 0 Å². The number of Topliss-reactive ketones (excluding diaryl/α,β-unsaturated/α-hetero) is 1. The maximum absolute atomic E-state index is 12.2. The number of piperazine rings is 1. The van der Waals surface area contributed by atoms with Crippen molar-refractivity contribution in [1.29, 1.82) is 0 Å². The molecule has 0 spiro atoms. The quantitative estimate of drug-likeness (QED) is 0.383. The fraction of sp³-hybridized carbons (Fsp3) is 0.333. The van der Waals surface area contributed by atoms with E-state index in [4.69, 9.17) is 4.74 Å². The molecule has 1 aliphatic rings. The third kappa shape index (κ3) is 3.05. The number of carbonyl (C=O) groups is 2. The van der Waals surface area contributed by atoms with Gasteiger partial charge in [0.15, 0.2) is 5.78 Å². The van der Waals surface area contributed by atoms with Crippen LogP contribution in [0.4, 0.5) is 0 Å². The average Bonchev–Trinajstić information content (AvgIpc) is 2.53. The van der Waals surface area contributed by atoms with Gasteiger partial charge in [-0.15, -0.1) is 0 Å². The third-order valence-corrected chi connectivity index (χ3v) is 3.29. The molecule has 2 rings (SSSR count). The first kappa shape index (κ1) is 14.3. The molecule has 0 bridgehead atoms. The Morgan fingerprint density at radius 2 is 1.80 bits per heavy atom. The number of benzene rings is 1. The highest BCUT2D eigenvalue weighted by molar-refractivity contribution is 6.25. The summed E-state index contributed by atoms with van der Waals surface area (Å²) in [7, 11) is 1.56. The van der Waals surface area contributed by atoms with Crippen LogP contribution in [-0.2, 0) is 4.79 Å². The number of carbonyl (C=O) groups excluding carboxylic acids is 2. The molecule has 106 valence electrons. The molecule has 1 saturated heterocycles. The maximum Gasteiger partial charge on any atom is 0.257 e. The summed E-state index contributed by atoms with van der Waals surface area (Å²) >= 11 is 0. The molecule has 1 aliphatic heterocycles. The van der Waals surface area contributed by atoms with E-state index in [2.05, 4.69) is 11.9 Å². The number of amides is 1. The highest BCUT2D eigenvalue weighted by Gasteiger charge is 2.24. The summed E-state index contributed by atoms with van der Waals surface area (Å²) in [5.41, 5.74) is 0.455. The fourth-order valence-electron chi connectivity index (χ4n) is 2.07. The standard InChI is InChI=1S/C15H18N2O3/c1-11(15(19)17-9-7-16-8-10-17)14(18)12-3-5-13(20-2)6-4-12/h3-6,16H,1,7-10H2,2H3. The zero-order valence-corrected chi connectivity index (χ0v) is 11.5. The Hall–Kier alpha value is -2.14. The minimum Gasteiger partial charge on any atom is -0.497 e. The highest BCUT2D eigenvalue weighted by atomic mass is 16.5. The number of rotatable bonds is 4. The Morgan fingerprint density at radius 3 is 2.35 bits per heavy atom. The van der Waals surface area contributed by atoms with E-state index in [1.807, 2.05) is 0 Å². The van der Waals surface area contributed by atoms with E-state index in [-0.39, 0.29) is 17.3 Å². The topological polar surface area (TPSA) is 58.6 Å². The minimum atomic E-state index is -0.337. The molecule has 0 radical (unpaired) electrons. The van der Waals surface area contributed by atoms with Crippen LogP contribution in [0.1, 0.15) is 10.4 Å². The van der Waals surface area contributed by atoms with Gasteiger partial charge in [0.1, 0.15) is 5.75 Å². The summed E-state index contributed by atoms with van der Waals surface area (Å²) in [6.45, 7) is 6.36. The number of nitrogens with zero attached hydrogens (tertiary/aromatic N) is 1. The van der Waals surface area contributed by atoms with Gasteiger partial charge in [0.05, 0.1) is 12.7 Å². The lowest BCUT2D eigenvalue weighted by Crippen LogP contribution is -2.47. The van der Waals surface area contributed by atoms with E-state index in [0.717, 1.165) is 13.1 Å². The maximum atomic E-state index is 12.2. The van der Waals surface area contributed by atoms with Crippen LogP contribution in [0, 0.1) is 0 Å². The third-order valence-electron chi connectivity index (χ3n) is 3.29. The molecular weight excluding hydrogens is 256 g/mol. The van der Waals surface area contributed by atoms with E-state index in [0.29, 0.717) is 24.4 Å². The van der Waals surface area contributed by atoms with E-state index >= 15 is 0 Å². The summed E-state index contributed by atoms with van der Waals surface area (Å²) in [5, 5.41) is 3.16. The predicted octanol–water partition coefficient (Wildman–Crippen LogP) is 0.866. The molecule has 0 saturated carbocycles. The van der Waals surface area contributed by atoms with Crippen molar-refractivity contribution in [3.05, 3.63) is 42.0 Å². The number of methoxy groups -OCH3 is 1. The van der Waals surface area contributed by atoms with Crippen molar-refractivity contribution in [2.24, 2.45) is 0 Å². The van der Waals surface area contributed by atoms with E-state index < -0.39 is 0 Å². The van der Waals surface area contributed by atoms with Crippen LogP contribution in [-0.4, -0.2) is 49.9 Å². The van der Waals surface area contributed by atoms with Gasteiger partial charge < -0.3 is 15.0 Å². The lowest BCUT2D eigenvalue weighted by atomic mass is 10.0. The summed E-state index contributed by atoms with van der Waals surface area (Å²) in [4.78, 5) is 26.1. The van der Waals surface area contributed by atoms with E-state index in [9.17, 15) is 9.59 Å². The van der Waals surface area contributed by atoms with Gasteiger partial charge >= 0.3 is 0 Å². The SMILES string of the molecule is C=C(C(=O)c1ccc(OC)cc1)C(=O)N1CCNCC1. The normalized spacial score (nSPS) is 14.8. The van der Waals surface area contributed by atoms with Crippen LogP contribution < -0.4 is 10.1 Å². The van der Waals surface area contributed by atoms with E-state index in [1.54, 1.807) is 36.3 Å². The molecule has 1 aromatic carbocycles. The number of nitrogens with one attached hydrogen (secondary N) is 1. The molecule has 0 unspecified atom stereocenters. The molecule has 1 fully saturated rings. The minimum absolute atomic E-state index is 0.0112. The van der Waals surface area contributed by atoms with Gasteiger partial charge in [-0.3, -0.25) is 9.59 Å². The van der Waals surface area contributed by atoms with Crippen LogP contribution >= 0.6 is 0 Å². The zero-order valence-electron chi connectivity index (χ0n) is 11.5. The van der Waals surface area contributed by atoms with E-state index in [1.165, 1.54) is 0 Å². The Morgan fingerprint density at radius 1 is 1.20 bits per heavy atom. The molecule has 5 nitrogen and oxygen atoms in total. The molecule has 5 heteroatoms. The van der Waals surface area contributed by atoms with Crippen molar-refractivity contribution in [1.82, 2.24) is 10.2 Å². The fourth-order valence-corrected chi connectivity index (χ4v) is 2.07. The van der Waals surface area contributed by atoms with Crippen LogP contribution in [0.15, 0.2) is 36.4 Å². The monoisotopic (exact) mass is 274 g/mol. The van der Waals surface area contributed by atoms with Gasteiger partial charge in [-0.05, 0) is 24.3 Å². The van der Waals surface area contributed by atoms with Gasteiger partial charge in [0.2, 0.25) is 0 Å². The largest absolute Gasteiger partial charge is 0.497 e. The van der Waals surface area contributed by atoms with Crippen molar-refractivity contribution in [3.63, 3.8) is 0 Å². The Labute approximate surface area is 118 Å². The van der Waals surface area contributed by atoms with Gasteiger partial charge in [-0.2, -0.15) is 0 Å². The molecule has 0 aliphatic carbocycles. The number of ether oxygens (including phenoxy) is 1. The Bertz CT molecular complexity index is 516. The van der Waals surface area contributed by atoms with Crippen molar-refractivity contribution in [2.75, 3.05) is 33.3 Å². The Kier molecular flexibility index (Phi) is 4.53. The highest BCUT2D eigenvalue weighted by Crippen LogP contribution is 2.15. The van der Waals surface area contributed by atoms with Crippen LogP contribution in [0.25, 0.3) is 0 Å². The lowest BCUT2D eigenvalue weighted by molar-refractivity contribution is -0.127. The van der Waals surface area contributed by atoms with Crippen molar-refractivity contribution in [2.45, 2.75) is 0 Å². The predicted molar refractivity (Wildman–Crippen MR) is 75.9 cm³/mol. The molecule has 0 atom stereocenters. The molecule has 1 heterocycles. The molecular formula is C15H18N2O3. The van der Waals surface area contributed by atoms with Gasteiger partial charge in [-0.1, -0.05) is 6.58 Å². The van der Waals surface area contributed by atoms with Crippen LogP contribution in [0.3, 0.4) is 0 Å². The first-order chi connectivity index (χ1) is 9.63. The number of hydrogen-bond donors (Lipinski definition) is 1. The second-order valence-electron chi connectivity index (χ2n) is 4.58. The molecule has 20 heavy (non-hydrogen) atoms. The summed E-state index contributed by atoms with van der Waals surface area (Å²) in [6, 6.07) is 6.65. The lowest BCUT2D eigenvalue weighted by Gasteiger charge is -2.27. The van der Waals surface area contributed by atoms with Gasteiger partial charge in [0, 0.05) is 31.7 Å². The van der Waals surface area contributed by atoms with Crippen molar-refractivity contribution >= 4 is 11.7 Å². The van der Waals surface area contributed by atoms with Crippen LogP contribution in [0.5, 0.6) is 5.75 Å². The first-order valence-electron chi connectivity index (χ1n) is 6.51. The summed E-state index contributed by atoms with van der Waals surface area (Å²) < 4.78 is 5.04. The molecule has 1 N–H and O–H groups in total. The number of hydrogen-bond acceptors (Lipinski definition) is 4. The zero-order chi connectivity index (χ0) is 14.5. The smallest absolute Gasteiger partial charge is 0.257 e. The molecule has 0 aromatic heterocycles.